The first-order valence-corrected chi connectivity index (χ1v) is 7.53. The van der Waals surface area contributed by atoms with Gasteiger partial charge in [0.25, 0.3) is 17.4 Å². The number of hydrogen-bond donors (Lipinski definition) is 2. The molecular formula is C16H12ClN5O3. The molecule has 2 N–H and O–H groups in total. The van der Waals surface area contributed by atoms with Crippen LogP contribution in [0.25, 0.3) is 10.8 Å². The normalized spacial score (nSPS) is 10.5. The van der Waals surface area contributed by atoms with Crippen molar-refractivity contribution in [2.45, 2.75) is 0 Å². The zero-order valence-electron chi connectivity index (χ0n) is 13.0. The Morgan fingerprint density at radius 1 is 1.04 bits per heavy atom. The number of pyridine rings is 1. The molecule has 25 heavy (non-hydrogen) atoms. The van der Waals surface area contributed by atoms with Gasteiger partial charge in [-0.2, -0.15) is 5.10 Å². The number of carbonyl (C=O) groups is 2. The fourth-order valence-electron chi connectivity index (χ4n) is 2.22. The second kappa shape index (κ2) is 6.70. The van der Waals surface area contributed by atoms with E-state index in [9.17, 15) is 14.4 Å². The predicted molar refractivity (Wildman–Crippen MR) is 91.2 cm³/mol. The van der Waals surface area contributed by atoms with Crippen molar-refractivity contribution in [1.82, 2.24) is 25.6 Å². The highest BCUT2D eigenvalue weighted by atomic mass is 35.5. The smallest absolute Gasteiger partial charge is 0.267 e. The average molecular weight is 358 g/mol. The number of fused-ring (bicyclic) bond motifs is 1. The summed E-state index contributed by atoms with van der Waals surface area (Å²) in [6.07, 6.45) is 1.28. The third-order valence-corrected chi connectivity index (χ3v) is 3.67. The topological polar surface area (TPSA) is 106 Å². The van der Waals surface area contributed by atoms with Gasteiger partial charge in [0.15, 0.2) is 5.69 Å². The summed E-state index contributed by atoms with van der Waals surface area (Å²) in [6, 6.07) is 9.54. The predicted octanol–water partition coefficient (Wildman–Crippen LogP) is 1.06. The molecule has 3 aromatic rings. The van der Waals surface area contributed by atoms with Crippen molar-refractivity contribution in [3.05, 3.63) is 69.4 Å². The molecular weight excluding hydrogens is 346 g/mol. The molecule has 9 heteroatoms. The first-order chi connectivity index (χ1) is 12.0. The molecule has 0 aliphatic rings. The lowest BCUT2D eigenvalue weighted by Crippen LogP contribution is -2.42. The highest BCUT2D eigenvalue weighted by Gasteiger charge is 2.16. The van der Waals surface area contributed by atoms with Crippen molar-refractivity contribution in [1.29, 1.82) is 0 Å². The van der Waals surface area contributed by atoms with Crippen LogP contribution in [0.15, 0.2) is 47.4 Å². The molecule has 2 heterocycles. The molecule has 8 nitrogen and oxygen atoms in total. The molecule has 126 valence electrons. The summed E-state index contributed by atoms with van der Waals surface area (Å²) in [5.74, 6) is -1.21. The maximum absolute atomic E-state index is 12.4. The summed E-state index contributed by atoms with van der Waals surface area (Å²) in [7, 11) is 1.45. The van der Waals surface area contributed by atoms with Crippen molar-refractivity contribution in [2.24, 2.45) is 7.05 Å². The summed E-state index contributed by atoms with van der Waals surface area (Å²) in [5, 5.41) is 4.98. The summed E-state index contributed by atoms with van der Waals surface area (Å²) >= 11 is 5.66. The fourth-order valence-corrected chi connectivity index (χ4v) is 2.33. The van der Waals surface area contributed by atoms with Crippen LogP contribution >= 0.6 is 11.6 Å². The van der Waals surface area contributed by atoms with Gasteiger partial charge in [0, 0.05) is 18.6 Å². The number of aryl methyl sites for hydroxylation is 1. The Balaban J connectivity index is 1.83. The van der Waals surface area contributed by atoms with E-state index in [-0.39, 0.29) is 22.0 Å². The van der Waals surface area contributed by atoms with Crippen molar-refractivity contribution in [3.63, 3.8) is 0 Å². The minimum absolute atomic E-state index is 0.0206. The largest absolute Gasteiger partial charge is 0.290 e. The Morgan fingerprint density at radius 3 is 2.40 bits per heavy atom. The molecule has 0 bridgehead atoms. The van der Waals surface area contributed by atoms with Gasteiger partial charge in [0.2, 0.25) is 0 Å². The molecule has 0 aliphatic heterocycles. The monoisotopic (exact) mass is 357 g/mol. The van der Waals surface area contributed by atoms with Crippen LogP contribution in [0.2, 0.25) is 5.15 Å². The lowest BCUT2D eigenvalue weighted by molar-refractivity contribution is 0.0843. The van der Waals surface area contributed by atoms with E-state index in [2.05, 4.69) is 20.9 Å². The van der Waals surface area contributed by atoms with Crippen LogP contribution in [0.3, 0.4) is 0 Å². The van der Waals surface area contributed by atoms with Crippen molar-refractivity contribution in [2.75, 3.05) is 0 Å². The Kier molecular flexibility index (Phi) is 4.44. The third kappa shape index (κ3) is 3.33. The number of aromatic nitrogens is 3. The van der Waals surface area contributed by atoms with Crippen molar-refractivity contribution in [3.8, 4) is 0 Å². The van der Waals surface area contributed by atoms with Gasteiger partial charge in [-0.1, -0.05) is 29.8 Å². The van der Waals surface area contributed by atoms with Crippen LogP contribution in [-0.4, -0.2) is 26.6 Å². The third-order valence-electron chi connectivity index (χ3n) is 3.45. The minimum atomic E-state index is -0.651. The first-order valence-electron chi connectivity index (χ1n) is 7.15. The molecule has 0 fully saturated rings. The summed E-state index contributed by atoms with van der Waals surface area (Å²) in [4.78, 5) is 40.2. The molecule has 2 amide bonds. The summed E-state index contributed by atoms with van der Waals surface area (Å²) in [6.45, 7) is 0. The SMILES string of the molecule is Cn1nc(C(=O)NNC(=O)c2ccc(Cl)nc2)c2ccccc2c1=O. The number of rotatable bonds is 2. The van der Waals surface area contributed by atoms with Gasteiger partial charge in [-0.25, -0.2) is 9.67 Å². The number of hydrogen-bond acceptors (Lipinski definition) is 5. The molecule has 0 spiro atoms. The van der Waals surface area contributed by atoms with E-state index < -0.39 is 11.8 Å². The zero-order chi connectivity index (χ0) is 18.0. The Hall–Kier alpha value is -3.26. The van der Waals surface area contributed by atoms with Crippen molar-refractivity contribution < 1.29 is 9.59 Å². The van der Waals surface area contributed by atoms with Crippen LogP contribution in [0.5, 0.6) is 0 Å². The Morgan fingerprint density at radius 2 is 1.72 bits per heavy atom. The number of nitrogens with one attached hydrogen (secondary N) is 2. The Bertz CT molecular complexity index is 1030. The van der Waals surface area contributed by atoms with Gasteiger partial charge in [0.05, 0.1) is 10.9 Å². The van der Waals surface area contributed by atoms with Gasteiger partial charge >= 0.3 is 0 Å². The van der Waals surface area contributed by atoms with Gasteiger partial charge in [0.1, 0.15) is 5.15 Å². The molecule has 0 aliphatic carbocycles. The molecule has 3 rings (SSSR count). The van der Waals surface area contributed by atoms with E-state index in [4.69, 9.17) is 11.6 Å². The molecule has 0 unspecified atom stereocenters. The van der Waals surface area contributed by atoms with E-state index in [0.29, 0.717) is 10.8 Å². The quantitative estimate of drug-likeness (QED) is 0.527. The van der Waals surface area contributed by atoms with E-state index in [0.717, 1.165) is 4.68 Å². The number of carbonyl (C=O) groups excluding carboxylic acids is 2. The lowest BCUT2D eigenvalue weighted by atomic mass is 10.1. The van der Waals surface area contributed by atoms with Gasteiger partial charge in [-0.15, -0.1) is 0 Å². The standard InChI is InChI=1S/C16H12ClN5O3/c1-22-16(25)11-5-3-2-4-10(11)13(21-22)15(24)20-19-14(23)9-6-7-12(17)18-8-9/h2-8H,1H3,(H,19,23)(H,20,24). The summed E-state index contributed by atoms with van der Waals surface area (Å²) < 4.78 is 1.07. The maximum Gasteiger partial charge on any atom is 0.290 e. The molecule has 2 aromatic heterocycles. The van der Waals surface area contributed by atoms with Crippen LogP contribution < -0.4 is 16.4 Å². The number of hydrazine groups is 1. The lowest BCUT2D eigenvalue weighted by Gasteiger charge is -2.10. The maximum atomic E-state index is 12.4. The van der Waals surface area contributed by atoms with Crippen LogP contribution in [0.1, 0.15) is 20.8 Å². The fraction of sp³-hybridized carbons (Fsp3) is 0.0625. The Labute approximate surface area is 146 Å². The van der Waals surface area contributed by atoms with E-state index in [1.165, 1.54) is 25.4 Å². The number of nitrogens with zero attached hydrogens (tertiary/aromatic N) is 3. The average Bonchev–Trinajstić information content (AvgIpc) is 2.63. The highest BCUT2D eigenvalue weighted by molar-refractivity contribution is 6.29. The van der Waals surface area contributed by atoms with E-state index in [1.807, 2.05) is 0 Å². The second-order valence-electron chi connectivity index (χ2n) is 5.10. The van der Waals surface area contributed by atoms with Gasteiger partial charge in [-0.3, -0.25) is 25.2 Å². The highest BCUT2D eigenvalue weighted by Crippen LogP contribution is 2.12. The molecule has 1 aromatic carbocycles. The van der Waals surface area contributed by atoms with E-state index in [1.54, 1.807) is 24.3 Å². The first kappa shape index (κ1) is 16.6. The number of halogens is 1. The molecule has 0 saturated carbocycles. The zero-order valence-corrected chi connectivity index (χ0v) is 13.7. The molecule has 0 radical (unpaired) electrons. The number of amides is 2. The van der Waals surface area contributed by atoms with Crippen LogP contribution in [0, 0.1) is 0 Å². The van der Waals surface area contributed by atoms with Crippen molar-refractivity contribution >= 4 is 34.2 Å². The van der Waals surface area contributed by atoms with Crippen LogP contribution in [0.4, 0.5) is 0 Å². The summed E-state index contributed by atoms with van der Waals surface area (Å²) in [5.41, 5.74) is 4.47. The van der Waals surface area contributed by atoms with Gasteiger partial charge < -0.3 is 0 Å². The van der Waals surface area contributed by atoms with Gasteiger partial charge in [-0.05, 0) is 18.2 Å². The van der Waals surface area contributed by atoms with Crippen LogP contribution in [-0.2, 0) is 7.05 Å². The minimum Gasteiger partial charge on any atom is -0.267 e. The molecule has 0 saturated heterocycles. The van der Waals surface area contributed by atoms with E-state index >= 15 is 0 Å². The molecule has 0 atom stereocenters. The second-order valence-corrected chi connectivity index (χ2v) is 5.49. The number of benzene rings is 1.